The van der Waals surface area contributed by atoms with Crippen molar-refractivity contribution in [1.82, 2.24) is 14.8 Å². The van der Waals surface area contributed by atoms with Crippen molar-refractivity contribution in [3.05, 3.63) is 70.9 Å². The lowest BCUT2D eigenvalue weighted by Gasteiger charge is -2.40. The van der Waals surface area contributed by atoms with Gasteiger partial charge in [-0.05, 0) is 31.2 Å². The van der Waals surface area contributed by atoms with E-state index in [0.29, 0.717) is 12.0 Å². The van der Waals surface area contributed by atoms with Gasteiger partial charge < -0.3 is 10.2 Å². The minimum atomic E-state index is 0.397. The highest BCUT2D eigenvalue weighted by molar-refractivity contribution is 7.16. The summed E-state index contributed by atoms with van der Waals surface area (Å²) in [5.41, 5.74) is 4.40. The van der Waals surface area contributed by atoms with E-state index in [4.69, 9.17) is 9.98 Å². The van der Waals surface area contributed by atoms with E-state index in [-0.39, 0.29) is 0 Å². The first-order valence-corrected chi connectivity index (χ1v) is 11.8. The Morgan fingerprint density at radius 3 is 2.65 bits per heavy atom. The Kier molecular flexibility index (Phi) is 5.50. The van der Waals surface area contributed by atoms with Gasteiger partial charge in [-0.25, -0.2) is 9.98 Å². The average Bonchev–Trinajstić information content (AvgIpc) is 3.13. The summed E-state index contributed by atoms with van der Waals surface area (Å²) in [5, 5.41) is 5.87. The summed E-state index contributed by atoms with van der Waals surface area (Å²) in [6, 6.07) is 19.5. The Hall–Kier alpha value is -2.70. The smallest absolute Gasteiger partial charge is 0.158 e. The van der Waals surface area contributed by atoms with Gasteiger partial charge in [-0.1, -0.05) is 56.3 Å². The van der Waals surface area contributed by atoms with Crippen LogP contribution >= 0.6 is 11.3 Å². The summed E-state index contributed by atoms with van der Waals surface area (Å²) >= 11 is 1.75. The molecule has 0 spiro atoms. The van der Waals surface area contributed by atoms with Gasteiger partial charge in [-0.15, -0.1) is 11.3 Å². The number of anilines is 2. The summed E-state index contributed by atoms with van der Waals surface area (Å²) in [4.78, 5) is 15.1. The summed E-state index contributed by atoms with van der Waals surface area (Å²) in [6.07, 6.45) is 1.04. The molecule has 3 heterocycles. The Bertz CT molecular complexity index is 1090. The first kappa shape index (κ1) is 20.2. The van der Waals surface area contributed by atoms with E-state index in [1.54, 1.807) is 11.3 Å². The molecule has 0 amide bonds. The monoisotopic (exact) mass is 431 g/mol. The van der Waals surface area contributed by atoms with Gasteiger partial charge in [0.2, 0.25) is 0 Å². The Balaban J connectivity index is 1.51. The second kappa shape index (κ2) is 8.44. The Morgan fingerprint density at radius 2 is 1.84 bits per heavy atom. The van der Waals surface area contributed by atoms with Gasteiger partial charge in [0.1, 0.15) is 10.7 Å². The number of piperazine rings is 1. The number of rotatable bonds is 3. The van der Waals surface area contributed by atoms with Gasteiger partial charge in [0.05, 0.1) is 16.4 Å². The number of thiazole rings is 1. The van der Waals surface area contributed by atoms with Gasteiger partial charge in [-0.2, -0.15) is 0 Å². The third-order valence-corrected chi connectivity index (χ3v) is 7.39. The van der Waals surface area contributed by atoms with Crippen LogP contribution in [0.5, 0.6) is 0 Å². The Labute approximate surface area is 188 Å². The summed E-state index contributed by atoms with van der Waals surface area (Å²) in [6.45, 7) is 7.32. The van der Waals surface area contributed by atoms with E-state index >= 15 is 0 Å². The lowest BCUT2D eigenvalue weighted by Crippen LogP contribution is -2.54. The van der Waals surface area contributed by atoms with Crippen LogP contribution < -0.4 is 5.32 Å². The van der Waals surface area contributed by atoms with Crippen LogP contribution in [0.2, 0.25) is 0 Å². The number of nitrogens with one attached hydrogen (secondary N) is 1. The number of amidine groups is 1. The number of aliphatic imine (C=N–C) groups is 1. The molecule has 0 bridgehead atoms. The second-order valence-corrected chi connectivity index (χ2v) is 9.76. The lowest BCUT2D eigenvalue weighted by atomic mass is 10.0. The zero-order valence-corrected chi connectivity index (χ0v) is 19.2. The molecular formula is C25H29N5S. The fourth-order valence-corrected chi connectivity index (χ4v) is 5.23. The number of aromatic nitrogens is 1. The van der Waals surface area contributed by atoms with E-state index in [9.17, 15) is 0 Å². The first-order valence-electron chi connectivity index (χ1n) is 11.0. The summed E-state index contributed by atoms with van der Waals surface area (Å²) in [7, 11) is 2.24. The molecule has 5 nitrogen and oxygen atoms in total. The maximum absolute atomic E-state index is 5.15. The molecule has 1 saturated heterocycles. The van der Waals surface area contributed by atoms with Crippen molar-refractivity contribution >= 4 is 33.5 Å². The first-order chi connectivity index (χ1) is 15.1. The molecule has 0 saturated carbocycles. The van der Waals surface area contributed by atoms with Gasteiger partial charge in [0.15, 0.2) is 5.84 Å². The predicted molar refractivity (Wildman–Crippen MR) is 130 cm³/mol. The summed E-state index contributed by atoms with van der Waals surface area (Å²) in [5.74, 6) is 1.40. The van der Waals surface area contributed by atoms with Crippen LogP contribution in [-0.4, -0.2) is 53.3 Å². The molecule has 2 aliphatic rings. The van der Waals surface area contributed by atoms with Crippen LogP contribution in [0.3, 0.4) is 0 Å². The van der Waals surface area contributed by atoms with E-state index < -0.39 is 0 Å². The van der Waals surface area contributed by atoms with Crippen LogP contribution in [0.25, 0.3) is 0 Å². The molecule has 1 fully saturated rings. The number of para-hydroxylation sites is 2. The molecular weight excluding hydrogens is 402 g/mol. The van der Waals surface area contributed by atoms with Crippen LogP contribution in [0.4, 0.5) is 16.4 Å². The zero-order chi connectivity index (χ0) is 21.4. The molecule has 1 N–H and O–H groups in total. The highest BCUT2D eigenvalue weighted by Gasteiger charge is 2.31. The molecule has 5 rings (SSSR count). The third-order valence-electron chi connectivity index (χ3n) is 6.12. The topological polar surface area (TPSA) is 43.8 Å². The highest BCUT2D eigenvalue weighted by atomic mass is 32.1. The number of fused-ring (bicyclic) bond motifs is 2. The third kappa shape index (κ3) is 4.10. The quantitative estimate of drug-likeness (QED) is 0.614. The SMILES string of the molecule is CC(C)c1nc2c(s1)Nc1ccccc1N=C2N1CCN(C)C(Cc2ccccc2)C1. The van der Waals surface area contributed by atoms with Crippen molar-refractivity contribution in [2.75, 3.05) is 32.0 Å². The van der Waals surface area contributed by atoms with Crippen molar-refractivity contribution in [2.45, 2.75) is 32.2 Å². The number of hydrogen-bond acceptors (Lipinski definition) is 6. The molecule has 31 heavy (non-hydrogen) atoms. The number of likely N-dealkylation sites (N-methyl/N-ethyl adjacent to an activating group) is 1. The fourth-order valence-electron chi connectivity index (χ4n) is 4.25. The van der Waals surface area contributed by atoms with E-state index in [2.05, 4.69) is 90.6 Å². The molecule has 1 aromatic heterocycles. The maximum atomic E-state index is 5.15. The molecule has 1 unspecified atom stereocenters. The summed E-state index contributed by atoms with van der Waals surface area (Å²) < 4.78 is 0. The fraction of sp³-hybridized carbons (Fsp3) is 0.360. The molecule has 3 aromatic rings. The van der Waals surface area contributed by atoms with Crippen molar-refractivity contribution in [3.63, 3.8) is 0 Å². The molecule has 0 radical (unpaired) electrons. The van der Waals surface area contributed by atoms with E-state index in [1.165, 1.54) is 5.56 Å². The molecule has 160 valence electrons. The van der Waals surface area contributed by atoms with Crippen LogP contribution in [0, 0.1) is 0 Å². The normalized spacial score (nSPS) is 18.8. The van der Waals surface area contributed by atoms with Gasteiger partial charge in [-0.3, -0.25) is 4.90 Å². The maximum Gasteiger partial charge on any atom is 0.158 e. The lowest BCUT2D eigenvalue weighted by molar-refractivity contribution is 0.140. The van der Waals surface area contributed by atoms with Crippen molar-refractivity contribution in [3.8, 4) is 0 Å². The average molecular weight is 432 g/mol. The number of benzene rings is 2. The molecule has 6 heteroatoms. The molecule has 2 aromatic carbocycles. The second-order valence-electron chi connectivity index (χ2n) is 8.73. The minimum Gasteiger partial charge on any atom is -0.352 e. The highest BCUT2D eigenvalue weighted by Crippen LogP contribution is 2.39. The zero-order valence-electron chi connectivity index (χ0n) is 18.4. The molecule has 2 aliphatic heterocycles. The minimum absolute atomic E-state index is 0.397. The van der Waals surface area contributed by atoms with Crippen molar-refractivity contribution < 1.29 is 0 Å². The Morgan fingerprint density at radius 1 is 1.06 bits per heavy atom. The van der Waals surface area contributed by atoms with Gasteiger partial charge in [0, 0.05) is 31.6 Å². The molecule has 0 aliphatic carbocycles. The number of hydrogen-bond donors (Lipinski definition) is 1. The predicted octanol–water partition coefficient (Wildman–Crippen LogP) is 5.26. The van der Waals surface area contributed by atoms with Gasteiger partial charge >= 0.3 is 0 Å². The molecule has 1 atom stereocenters. The standard InChI is InChI=1S/C25H29N5S/c1-17(2)24-28-22-23(26-20-11-7-8-12-21(20)27-25(22)31-24)30-14-13-29(3)19(16-30)15-18-9-5-4-6-10-18/h4-12,17,19,27H,13-16H2,1-3H3. The van der Waals surface area contributed by atoms with Crippen molar-refractivity contribution in [1.29, 1.82) is 0 Å². The number of nitrogens with zero attached hydrogens (tertiary/aromatic N) is 4. The van der Waals surface area contributed by atoms with E-state index in [1.807, 2.05) is 0 Å². The van der Waals surface area contributed by atoms with Gasteiger partial charge in [0.25, 0.3) is 0 Å². The van der Waals surface area contributed by atoms with Crippen LogP contribution in [0.1, 0.15) is 36.0 Å². The van der Waals surface area contributed by atoms with Crippen molar-refractivity contribution in [2.24, 2.45) is 4.99 Å². The largest absolute Gasteiger partial charge is 0.352 e. The van der Waals surface area contributed by atoms with Crippen LogP contribution in [-0.2, 0) is 6.42 Å². The van der Waals surface area contributed by atoms with E-state index in [0.717, 1.165) is 59.0 Å². The van der Waals surface area contributed by atoms with Crippen LogP contribution in [0.15, 0.2) is 59.6 Å².